The van der Waals surface area contributed by atoms with Crippen LogP contribution in [0.1, 0.15) is 20.3 Å². The van der Waals surface area contributed by atoms with Gasteiger partial charge in [0.1, 0.15) is 0 Å². The smallest absolute Gasteiger partial charge is 0.161 e. The topological polar surface area (TPSA) is 17.1 Å². The molecule has 0 aromatic carbocycles. The Morgan fingerprint density at radius 1 is 1.45 bits per heavy atom. The van der Waals surface area contributed by atoms with Crippen molar-refractivity contribution in [3.8, 4) is 0 Å². The summed E-state index contributed by atoms with van der Waals surface area (Å²) in [6.07, 6.45) is 4.02. The third kappa shape index (κ3) is 4.31. The van der Waals surface area contributed by atoms with Crippen molar-refractivity contribution in [2.45, 2.75) is 20.3 Å². The molecule has 0 aliphatic heterocycles. The fourth-order valence-electron chi connectivity index (χ4n) is 0.511. The van der Waals surface area contributed by atoms with Crippen molar-refractivity contribution in [2.75, 3.05) is 0 Å². The summed E-state index contributed by atoms with van der Waals surface area (Å²) in [6, 6.07) is 0. The molecule has 60 valence electrons. The molecular weight excluding hydrogens is 136 g/mol. The van der Waals surface area contributed by atoms with E-state index in [2.05, 4.69) is 13.2 Å². The van der Waals surface area contributed by atoms with Gasteiger partial charge in [-0.05, 0) is 19.4 Å². The quantitative estimate of drug-likeness (QED) is 0.445. The molecule has 0 N–H and O–H groups in total. The summed E-state index contributed by atoms with van der Waals surface area (Å²) < 4.78 is 0. The first kappa shape index (κ1) is 9.89. The molecule has 0 spiro atoms. The van der Waals surface area contributed by atoms with E-state index in [4.69, 9.17) is 0 Å². The molecule has 0 atom stereocenters. The zero-order chi connectivity index (χ0) is 8.85. The molecule has 0 amide bonds. The van der Waals surface area contributed by atoms with Gasteiger partial charge in [-0.15, -0.1) is 0 Å². The summed E-state index contributed by atoms with van der Waals surface area (Å²) in [6.45, 7) is 10.8. The molecule has 0 unspecified atom stereocenters. The van der Waals surface area contributed by atoms with E-state index in [1.165, 1.54) is 0 Å². The van der Waals surface area contributed by atoms with Gasteiger partial charge in [-0.3, -0.25) is 4.79 Å². The Labute approximate surface area is 68.1 Å². The zero-order valence-corrected chi connectivity index (χ0v) is 7.18. The molecule has 0 aromatic heterocycles. The maximum absolute atomic E-state index is 11.0. The highest BCUT2D eigenvalue weighted by molar-refractivity contribution is 5.95. The molecule has 1 heteroatoms. The lowest BCUT2D eigenvalue weighted by Gasteiger charge is -1.93. The minimum absolute atomic E-state index is 0.0891. The van der Waals surface area contributed by atoms with Crippen LogP contribution in [0.15, 0.2) is 36.5 Å². The monoisotopic (exact) mass is 150 g/mol. The van der Waals surface area contributed by atoms with E-state index in [0.29, 0.717) is 12.0 Å². The van der Waals surface area contributed by atoms with Crippen LogP contribution in [0.2, 0.25) is 0 Å². The molecule has 0 bridgehead atoms. The largest absolute Gasteiger partial charge is 0.294 e. The van der Waals surface area contributed by atoms with Crippen molar-refractivity contribution in [1.29, 1.82) is 0 Å². The predicted molar refractivity (Wildman–Crippen MR) is 48.4 cm³/mol. The lowest BCUT2D eigenvalue weighted by Crippen LogP contribution is -1.95. The van der Waals surface area contributed by atoms with Crippen molar-refractivity contribution in [2.24, 2.45) is 0 Å². The van der Waals surface area contributed by atoms with Crippen molar-refractivity contribution in [3.63, 3.8) is 0 Å². The molecule has 0 saturated carbocycles. The maximum Gasteiger partial charge on any atom is 0.161 e. The highest BCUT2D eigenvalue weighted by Crippen LogP contribution is 2.00. The molecule has 0 aromatic rings. The number of rotatable bonds is 4. The molecule has 0 saturated heterocycles. The lowest BCUT2D eigenvalue weighted by molar-refractivity contribution is -0.114. The Morgan fingerprint density at radius 3 is 2.36 bits per heavy atom. The molecule has 0 fully saturated rings. The van der Waals surface area contributed by atoms with Gasteiger partial charge in [-0.2, -0.15) is 0 Å². The highest BCUT2D eigenvalue weighted by atomic mass is 16.1. The molecule has 1 nitrogen and oxygen atoms in total. The second-order valence-corrected chi connectivity index (χ2v) is 2.56. The van der Waals surface area contributed by atoms with Crippen molar-refractivity contribution in [1.82, 2.24) is 0 Å². The number of carbonyl (C=O) groups is 1. The van der Waals surface area contributed by atoms with Gasteiger partial charge in [0.2, 0.25) is 0 Å². The molecule has 0 aliphatic rings. The second kappa shape index (κ2) is 4.67. The van der Waals surface area contributed by atoms with Crippen LogP contribution in [0.5, 0.6) is 0 Å². The Hall–Kier alpha value is -1.11. The molecule has 11 heavy (non-hydrogen) atoms. The van der Waals surface area contributed by atoms with Gasteiger partial charge in [0.15, 0.2) is 5.78 Å². The summed E-state index contributed by atoms with van der Waals surface area (Å²) in [7, 11) is 0. The summed E-state index contributed by atoms with van der Waals surface area (Å²) in [5.74, 6) is 0.0891. The first-order chi connectivity index (χ1) is 5.07. The number of hydrogen-bond acceptors (Lipinski definition) is 1. The van der Waals surface area contributed by atoms with Crippen LogP contribution in [-0.2, 0) is 4.79 Å². The van der Waals surface area contributed by atoms with Gasteiger partial charge in [0.25, 0.3) is 0 Å². The van der Waals surface area contributed by atoms with E-state index in [1.807, 2.05) is 13.0 Å². The minimum atomic E-state index is 0.0891. The number of Topliss-reactive ketones (excluding diaryl/α,β-unsaturated/α-hetero) is 1. The van der Waals surface area contributed by atoms with Crippen LogP contribution < -0.4 is 0 Å². The Kier molecular flexibility index (Phi) is 4.20. The summed E-state index contributed by atoms with van der Waals surface area (Å²) in [5, 5.41) is 0. The summed E-state index contributed by atoms with van der Waals surface area (Å²) >= 11 is 0. The Balaban J connectivity index is 3.98. The normalized spacial score (nSPS) is 10.9. The van der Waals surface area contributed by atoms with Gasteiger partial charge in [0, 0.05) is 6.42 Å². The fourth-order valence-corrected chi connectivity index (χ4v) is 0.511. The van der Waals surface area contributed by atoms with E-state index in [-0.39, 0.29) is 5.78 Å². The van der Waals surface area contributed by atoms with Crippen LogP contribution in [-0.4, -0.2) is 5.78 Å². The van der Waals surface area contributed by atoms with Crippen molar-refractivity contribution < 1.29 is 4.79 Å². The van der Waals surface area contributed by atoms with E-state index >= 15 is 0 Å². The molecule has 0 radical (unpaired) electrons. The average molecular weight is 150 g/mol. The molecule has 0 heterocycles. The summed E-state index contributed by atoms with van der Waals surface area (Å²) in [4.78, 5) is 11.0. The van der Waals surface area contributed by atoms with E-state index in [1.54, 1.807) is 13.0 Å². The van der Waals surface area contributed by atoms with Crippen LogP contribution in [0, 0.1) is 0 Å². The van der Waals surface area contributed by atoms with Crippen LogP contribution in [0.3, 0.4) is 0 Å². The highest BCUT2D eigenvalue weighted by Gasteiger charge is 1.97. The Bertz CT molecular complexity index is 209. The second-order valence-electron chi connectivity index (χ2n) is 2.56. The lowest BCUT2D eigenvalue weighted by atomic mass is 10.1. The minimum Gasteiger partial charge on any atom is -0.294 e. The molecule has 0 rings (SSSR count). The third-order valence-corrected chi connectivity index (χ3v) is 1.41. The maximum atomic E-state index is 11.0. The Morgan fingerprint density at radius 2 is 2.00 bits per heavy atom. The van der Waals surface area contributed by atoms with Crippen molar-refractivity contribution in [3.05, 3.63) is 36.5 Å². The zero-order valence-electron chi connectivity index (χ0n) is 7.18. The SMILES string of the molecule is C=C/C(C)=C/CC(=O)C(=C)C. The summed E-state index contributed by atoms with van der Waals surface area (Å²) in [5.41, 5.74) is 1.64. The predicted octanol–water partition coefficient (Wildman–Crippen LogP) is 2.65. The average Bonchev–Trinajstić information content (AvgIpc) is 1.99. The first-order valence-electron chi connectivity index (χ1n) is 3.56. The van der Waals surface area contributed by atoms with Gasteiger partial charge in [0.05, 0.1) is 0 Å². The number of ketones is 1. The van der Waals surface area contributed by atoms with Gasteiger partial charge < -0.3 is 0 Å². The molecule has 0 aliphatic carbocycles. The van der Waals surface area contributed by atoms with Gasteiger partial charge in [-0.25, -0.2) is 0 Å². The number of carbonyl (C=O) groups excluding carboxylic acids is 1. The van der Waals surface area contributed by atoms with E-state index in [9.17, 15) is 4.79 Å². The van der Waals surface area contributed by atoms with Crippen LogP contribution in [0.25, 0.3) is 0 Å². The van der Waals surface area contributed by atoms with E-state index in [0.717, 1.165) is 5.57 Å². The third-order valence-electron chi connectivity index (χ3n) is 1.41. The van der Waals surface area contributed by atoms with Crippen LogP contribution in [0.4, 0.5) is 0 Å². The number of hydrogen-bond donors (Lipinski definition) is 0. The standard InChI is InChI=1S/C10H14O/c1-5-9(4)6-7-10(11)8(2)3/h5-6H,1-2,7H2,3-4H3/b9-6+. The van der Waals surface area contributed by atoms with Crippen LogP contribution >= 0.6 is 0 Å². The molecular formula is C10H14O. The number of allylic oxidation sites excluding steroid dienone is 4. The first-order valence-corrected chi connectivity index (χ1v) is 3.56. The van der Waals surface area contributed by atoms with Crippen molar-refractivity contribution >= 4 is 5.78 Å². The van der Waals surface area contributed by atoms with E-state index < -0.39 is 0 Å². The fraction of sp³-hybridized carbons (Fsp3) is 0.300. The van der Waals surface area contributed by atoms with Gasteiger partial charge in [-0.1, -0.05) is 30.9 Å². The van der Waals surface area contributed by atoms with Gasteiger partial charge >= 0.3 is 0 Å².